The summed E-state index contributed by atoms with van der Waals surface area (Å²) in [6.07, 6.45) is 0. The molecule has 0 saturated carbocycles. The monoisotopic (exact) mass is 501 g/mol. The molecule has 1 fully saturated rings. The summed E-state index contributed by atoms with van der Waals surface area (Å²) in [5.41, 5.74) is 1.24. The number of imide groups is 1. The molecule has 0 aliphatic carbocycles. The molecule has 2 aromatic rings. The number of aromatic nitrogens is 2. The van der Waals surface area contributed by atoms with Gasteiger partial charge in [0.25, 0.3) is 17.4 Å². The van der Waals surface area contributed by atoms with E-state index in [2.05, 4.69) is 16.9 Å². The van der Waals surface area contributed by atoms with E-state index in [9.17, 15) is 14.4 Å². The van der Waals surface area contributed by atoms with Crippen molar-refractivity contribution in [3.8, 4) is 5.69 Å². The van der Waals surface area contributed by atoms with Crippen LogP contribution in [0.2, 0.25) is 5.02 Å². The van der Waals surface area contributed by atoms with E-state index in [1.165, 1.54) is 16.7 Å². The third kappa shape index (κ3) is 4.80. The van der Waals surface area contributed by atoms with E-state index >= 15 is 0 Å². The Hall–Kier alpha value is -2.88. The fourth-order valence-corrected chi connectivity index (χ4v) is 4.79. The fourth-order valence-electron chi connectivity index (χ4n) is 4.66. The summed E-state index contributed by atoms with van der Waals surface area (Å²) in [5, 5.41) is 3.63. The van der Waals surface area contributed by atoms with E-state index in [0.29, 0.717) is 35.2 Å². The second-order valence-corrected chi connectivity index (χ2v) is 9.71. The molecular weight excluding hydrogens is 470 g/mol. The Kier molecular flexibility index (Phi) is 7.49. The van der Waals surface area contributed by atoms with Gasteiger partial charge in [-0.2, -0.15) is 0 Å². The number of carbonyl (C=O) groups is 2. The van der Waals surface area contributed by atoms with E-state index in [1.54, 1.807) is 24.3 Å². The van der Waals surface area contributed by atoms with Crippen molar-refractivity contribution in [1.82, 2.24) is 24.5 Å². The van der Waals surface area contributed by atoms with Gasteiger partial charge in [-0.3, -0.25) is 24.4 Å². The highest BCUT2D eigenvalue weighted by Gasteiger charge is 2.44. The lowest BCUT2D eigenvalue weighted by Gasteiger charge is -2.36. The topological polar surface area (TPSA) is 90.9 Å². The van der Waals surface area contributed by atoms with Gasteiger partial charge in [-0.15, -0.1) is 0 Å². The lowest BCUT2D eigenvalue weighted by molar-refractivity contribution is -0.138. The first kappa shape index (κ1) is 25.2. The van der Waals surface area contributed by atoms with E-state index in [4.69, 9.17) is 16.3 Å². The Labute approximate surface area is 209 Å². The molecule has 10 heteroatoms. The molecule has 0 spiro atoms. The first-order valence-electron chi connectivity index (χ1n) is 11.9. The predicted octanol–water partition coefficient (Wildman–Crippen LogP) is 2.34. The highest BCUT2D eigenvalue weighted by molar-refractivity contribution is 6.35. The van der Waals surface area contributed by atoms with Crippen LogP contribution in [-0.2, 0) is 20.9 Å². The molecule has 1 saturated heterocycles. The number of carbonyl (C=O) groups excluding carboxylic acids is 2. The molecule has 0 radical (unpaired) electrons. The van der Waals surface area contributed by atoms with E-state index in [-0.39, 0.29) is 36.1 Å². The van der Waals surface area contributed by atoms with Crippen LogP contribution in [0.5, 0.6) is 0 Å². The minimum Gasteiger partial charge on any atom is -0.378 e. The molecule has 0 unspecified atom stereocenters. The van der Waals surface area contributed by atoms with Gasteiger partial charge in [0.1, 0.15) is 5.70 Å². The third-order valence-electron chi connectivity index (χ3n) is 6.42. The zero-order valence-electron chi connectivity index (χ0n) is 20.6. The Bertz CT molecular complexity index is 1190. The first-order chi connectivity index (χ1) is 16.8. The van der Waals surface area contributed by atoms with Gasteiger partial charge in [-0.05, 0) is 36.7 Å². The number of amides is 2. The number of halogens is 1. The van der Waals surface area contributed by atoms with Gasteiger partial charge < -0.3 is 14.5 Å². The number of aromatic amines is 1. The molecule has 2 aliphatic rings. The smallest absolute Gasteiger partial charge is 0.279 e. The van der Waals surface area contributed by atoms with Crippen LogP contribution in [0.3, 0.4) is 0 Å². The maximum absolute atomic E-state index is 13.7. The number of nitrogens with zero attached hydrogens (tertiary/aromatic N) is 4. The van der Waals surface area contributed by atoms with Crippen molar-refractivity contribution in [2.45, 2.75) is 27.4 Å². The van der Waals surface area contributed by atoms with Gasteiger partial charge in [0.05, 0.1) is 29.1 Å². The number of ether oxygens (including phenoxy) is 1. The summed E-state index contributed by atoms with van der Waals surface area (Å²) >= 11 is 6.03. The molecule has 4 rings (SSSR count). The normalized spacial score (nSPS) is 17.4. The number of methoxy groups -OCH3 is 1. The summed E-state index contributed by atoms with van der Waals surface area (Å²) in [5.74, 6) is -0.685. The van der Waals surface area contributed by atoms with Gasteiger partial charge in [-0.25, -0.2) is 4.68 Å². The third-order valence-corrected chi connectivity index (χ3v) is 6.67. The molecule has 1 aromatic heterocycles. The van der Waals surface area contributed by atoms with Gasteiger partial charge in [-0.1, -0.05) is 32.4 Å². The molecule has 0 atom stereocenters. The summed E-state index contributed by atoms with van der Waals surface area (Å²) < 4.78 is 6.72. The fraction of sp³-hybridized carbons (Fsp3) is 0.480. The van der Waals surface area contributed by atoms with Crippen molar-refractivity contribution in [2.24, 2.45) is 5.92 Å². The Morgan fingerprint density at radius 2 is 1.69 bits per heavy atom. The average molecular weight is 502 g/mol. The molecule has 1 aromatic carbocycles. The molecular formula is C25H32ClN5O4. The number of likely N-dealkylation sites (N-methyl/N-ethyl adjacent to an activating group) is 1. The maximum Gasteiger partial charge on any atom is 0.279 e. The Balaban J connectivity index is 1.88. The standard InChI is InChI=1S/C25H32ClN5O4/c1-5-28-10-12-29(13-11-28)22-21(23(32)30(25(22)34)14-16(2)3)20-19(15-35-4)27-31(24(20)33)18-8-6-17(26)7-9-18/h6-9,16,27H,5,10-15H2,1-4H3. The largest absolute Gasteiger partial charge is 0.378 e. The molecule has 2 amide bonds. The van der Waals surface area contributed by atoms with Crippen molar-refractivity contribution < 1.29 is 14.3 Å². The summed E-state index contributed by atoms with van der Waals surface area (Å²) in [6, 6.07) is 6.80. The van der Waals surface area contributed by atoms with Gasteiger partial charge in [0, 0.05) is 44.9 Å². The SMILES string of the molecule is CCN1CCN(C2=C(c3c(COC)[nH]n(-c4ccc(Cl)cc4)c3=O)C(=O)N(CC(C)C)C2=O)CC1. The van der Waals surface area contributed by atoms with Crippen LogP contribution in [0.15, 0.2) is 34.8 Å². The molecule has 3 heterocycles. The number of H-pyrrole nitrogens is 1. The lowest BCUT2D eigenvalue weighted by Crippen LogP contribution is -2.47. The van der Waals surface area contributed by atoms with Crippen LogP contribution in [0.1, 0.15) is 32.0 Å². The number of piperazine rings is 1. The molecule has 35 heavy (non-hydrogen) atoms. The van der Waals surface area contributed by atoms with Crippen molar-refractivity contribution in [1.29, 1.82) is 0 Å². The van der Waals surface area contributed by atoms with Crippen LogP contribution in [0.25, 0.3) is 11.3 Å². The molecule has 1 N–H and O–H groups in total. The average Bonchev–Trinajstić information content (AvgIpc) is 3.27. The summed E-state index contributed by atoms with van der Waals surface area (Å²) in [4.78, 5) is 46.6. The van der Waals surface area contributed by atoms with E-state index in [0.717, 1.165) is 19.6 Å². The zero-order valence-corrected chi connectivity index (χ0v) is 21.4. The highest BCUT2D eigenvalue weighted by atomic mass is 35.5. The number of nitrogens with one attached hydrogen (secondary N) is 1. The van der Waals surface area contributed by atoms with E-state index < -0.39 is 11.5 Å². The van der Waals surface area contributed by atoms with Crippen molar-refractivity contribution in [2.75, 3.05) is 46.4 Å². The lowest BCUT2D eigenvalue weighted by atomic mass is 10.0. The van der Waals surface area contributed by atoms with Crippen LogP contribution in [0.4, 0.5) is 0 Å². The quantitative estimate of drug-likeness (QED) is 0.558. The highest BCUT2D eigenvalue weighted by Crippen LogP contribution is 2.33. The Morgan fingerprint density at radius 1 is 1.03 bits per heavy atom. The molecule has 0 bridgehead atoms. The van der Waals surface area contributed by atoms with Crippen molar-refractivity contribution in [3.05, 3.63) is 56.6 Å². The predicted molar refractivity (Wildman–Crippen MR) is 134 cm³/mol. The number of rotatable bonds is 8. The van der Waals surface area contributed by atoms with Crippen LogP contribution >= 0.6 is 11.6 Å². The minimum absolute atomic E-state index is 0.0806. The van der Waals surface area contributed by atoms with Gasteiger partial charge in [0.2, 0.25) is 0 Å². The number of hydrogen-bond donors (Lipinski definition) is 1. The van der Waals surface area contributed by atoms with E-state index in [1.807, 2.05) is 18.7 Å². The van der Waals surface area contributed by atoms with Gasteiger partial charge >= 0.3 is 0 Å². The first-order valence-corrected chi connectivity index (χ1v) is 12.3. The van der Waals surface area contributed by atoms with Gasteiger partial charge in [0.15, 0.2) is 0 Å². The molecule has 9 nitrogen and oxygen atoms in total. The van der Waals surface area contributed by atoms with Crippen LogP contribution in [0, 0.1) is 5.92 Å². The second kappa shape index (κ2) is 10.4. The minimum atomic E-state index is -0.437. The zero-order chi connectivity index (χ0) is 25.3. The van der Waals surface area contributed by atoms with Crippen molar-refractivity contribution >= 4 is 29.0 Å². The summed E-state index contributed by atoms with van der Waals surface area (Å²) in [7, 11) is 1.52. The maximum atomic E-state index is 13.7. The number of hydrogen-bond acceptors (Lipinski definition) is 6. The second-order valence-electron chi connectivity index (χ2n) is 9.28. The Morgan fingerprint density at radius 3 is 2.26 bits per heavy atom. The van der Waals surface area contributed by atoms with Crippen molar-refractivity contribution in [3.63, 3.8) is 0 Å². The molecule has 2 aliphatic heterocycles. The van der Waals surface area contributed by atoms with Crippen LogP contribution in [-0.4, -0.2) is 82.7 Å². The summed E-state index contributed by atoms with van der Waals surface area (Å²) in [6.45, 7) is 10.1. The molecule has 188 valence electrons. The van der Waals surface area contributed by atoms with Crippen LogP contribution < -0.4 is 5.56 Å². The number of benzene rings is 1.